The van der Waals surface area contributed by atoms with Crippen LogP contribution in [-0.4, -0.2) is 28.1 Å². The lowest BCUT2D eigenvalue weighted by atomic mass is 10.0. The second-order valence-corrected chi connectivity index (χ2v) is 7.19. The maximum absolute atomic E-state index is 9.73. The van der Waals surface area contributed by atoms with Gasteiger partial charge >= 0.3 is 0 Å². The van der Waals surface area contributed by atoms with E-state index in [9.17, 15) is 10.2 Å². The second kappa shape index (κ2) is 8.80. The van der Waals surface area contributed by atoms with Crippen LogP contribution in [0.5, 0.6) is 11.5 Å². The Morgan fingerprint density at radius 3 is 2.59 bits per heavy atom. The molecule has 5 heteroatoms. The topological polar surface area (TPSA) is 74.1 Å². The van der Waals surface area contributed by atoms with Crippen LogP contribution < -0.4 is 10.1 Å². The third-order valence-electron chi connectivity index (χ3n) is 4.76. The van der Waals surface area contributed by atoms with Crippen LogP contribution in [0, 0.1) is 0 Å². The van der Waals surface area contributed by atoms with Gasteiger partial charge in [-0.25, -0.2) is 0 Å². The molecule has 0 aliphatic heterocycles. The van der Waals surface area contributed by atoms with Crippen molar-refractivity contribution in [3.8, 4) is 11.5 Å². The Labute approximate surface area is 170 Å². The normalized spacial score (nSPS) is 22.4. The van der Waals surface area contributed by atoms with Crippen LogP contribution in [0.15, 0.2) is 89.7 Å². The predicted molar refractivity (Wildman–Crippen MR) is 116 cm³/mol. The molecule has 0 heterocycles. The number of hydrogen-bond acceptors (Lipinski definition) is 5. The molecule has 0 aromatic heterocycles. The van der Waals surface area contributed by atoms with E-state index in [2.05, 4.69) is 5.32 Å². The third kappa shape index (κ3) is 5.36. The molecule has 4 rings (SSSR count). The summed E-state index contributed by atoms with van der Waals surface area (Å²) < 4.78 is 5.94. The van der Waals surface area contributed by atoms with Crippen molar-refractivity contribution in [2.75, 3.05) is 5.32 Å². The zero-order chi connectivity index (χ0) is 20.1. The standard InChI is InChI=1S/C24H24N2O3/c27-21-5-1-3-19(15-21)25-17-7-11-23(12-8-17)29-24-13-9-18(10-14-24)26-20-4-2-6-22(28)16-20/h1-5,7-9,11-15,18,22,25,27-28H,6,10,16H2. The third-order valence-corrected chi connectivity index (χ3v) is 4.76. The molecular weight excluding hydrogens is 364 g/mol. The highest BCUT2D eigenvalue weighted by molar-refractivity contribution is 5.96. The second-order valence-electron chi connectivity index (χ2n) is 7.19. The number of aliphatic hydroxyl groups is 1. The Morgan fingerprint density at radius 2 is 1.86 bits per heavy atom. The quantitative estimate of drug-likeness (QED) is 0.683. The SMILES string of the molecule is Oc1cccc(Nc2ccc(OC3=CCC(N=C4C=CCC(O)C4)C=C3)cc2)c1. The van der Waals surface area contributed by atoms with Gasteiger partial charge in [-0.05, 0) is 67.5 Å². The van der Waals surface area contributed by atoms with E-state index in [0.717, 1.165) is 35.0 Å². The number of allylic oxidation sites excluding steroid dienone is 2. The van der Waals surface area contributed by atoms with Gasteiger partial charge in [0, 0.05) is 29.6 Å². The van der Waals surface area contributed by atoms with Crippen LogP contribution in [0.25, 0.3) is 0 Å². The van der Waals surface area contributed by atoms with Crippen molar-refractivity contribution in [1.29, 1.82) is 0 Å². The largest absolute Gasteiger partial charge is 0.508 e. The molecule has 0 amide bonds. The summed E-state index contributed by atoms with van der Waals surface area (Å²) in [5.41, 5.74) is 2.69. The number of ether oxygens (including phenoxy) is 1. The molecule has 2 unspecified atom stereocenters. The lowest BCUT2D eigenvalue weighted by Gasteiger charge is -2.17. The maximum atomic E-state index is 9.73. The smallest absolute Gasteiger partial charge is 0.127 e. The Bertz CT molecular complexity index is 974. The van der Waals surface area contributed by atoms with Gasteiger partial charge in [-0.2, -0.15) is 0 Å². The fraction of sp³-hybridized carbons (Fsp3) is 0.208. The van der Waals surface area contributed by atoms with Crippen molar-refractivity contribution in [2.24, 2.45) is 4.99 Å². The van der Waals surface area contributed by atoms with Crippen molar-refractivity contribution < 1.29 is 14.9 Å². The first-order chi connectivity index (χ1) is 14.1. The Kier molecular flexibility index (Phi) is 5.77. The molecule has 0 radical (unpaired) electrons. The number of aromatic hydroxyl groups is 1. The lowest BCUT2D eigenvalue weighted by Crippen LogP contribution is -2.17. The van der Waals surface area contributed by atoms with Crippen LogP contribution in [0.1, 0.15) is 19.3 Å². The first kappa shape index (κ1) is 19.0. The van der Waals surface area contributed by atoms with Gasteiger partial charge in [0.1, 0.15) is 17.3 Å². The van der Waals surface area contributed by atoms with Crippen molar-refractivity contribution in [3.63, 3.8) is 0 Å². The molecule has 3 N–H and O–H groups in total. The van der Waals surface area contributed by atoms with Crippen molar-refractivity contribution in [1.82, 2.24) is 0 Å². The number of aliphatic hydroxyl groups excluding tert-OH is 1. The summed E-state index contributed by atoms with van der Waals surface area (Å²) in [6, 6.07) is 14.8. The number of hydrogen-bond donors (Lipinski definition) is 3. The van der Waals surface area contributed by atoms with Gasteiger partial charge in [0.2, 0.25) is 0 Å². The molecule has 2 atom stereocenters. The van der Waals surface area contributed by atoms with Crippen LogP contribution >= 0.6 is 0 Å². The maximum Gasteiger partial charge on any atom is 0.127 e. The molecule has 2 aromatic rings. The number of nitrogens with one attached hydrogen (secondary N) is 1. The van der Waals surface area contributed by atoms with Crippen molar-refractivity contribution >= 4 is 17.1 Å². The summed E-state index contributed by atoms with van der Waals surface area (Å²) >= 11 is 0. The van der Waals surface area contributed by atoms with E-state index in [0.29, 0.717) is 12.8 Å². The van der Waals surface area contributed by atoms with E-state index >= 15 is 0 Å². The fourth-order valence-electron chi connectivity index (χ4n) is 3.32. The molecule has 0 saturated carbocycles. The number of aliphatic imine (C=N–C) groups is 1. The van der Waals surface area contributed by atoms with E-state index in [4.69, 9.17) is 9.73 Å². The average molecular weight is 388 g/mol. The molecule has 0 spiro atoms. The summed E-state index contributed by atoms with van der Waals surface area (Å²) in [6.07, 6.45) is 11.8. The first-order valence-electron chi connectivity index (χ1n) is 9.78. The molecule has 5 nitrogen and oxygen atoms in total. The van der Waals surface area contributed by atoms with E-state index < -0.39 is 0 Å². The zero-order valence-electron chi connectivity index (χ0n) is 16.0. The zero-order valence-corrected chi connectivity index (χ0v) is 16.0. The summed E-state index contributed by atoms with van der Waals surface area (Å²) in [7, 11) is 0. The number of rotatable bonds is 5. The number of anilines is 2. The van der Waals surface area contributed by atoms with Crippen molar-refractivity contribution in [2.45, 2.75) is 31.4 Å². The minimum Gasteiger partial charge on any atom is -0.508 e. The summed E-state index contributed by atoms with van der Waals surface area (Å²) in [4.78, 5) is 4.70. The molecule has 2 aliphatic rings. The Morgan fingerprint density at radius 1 is 1.00 bits per heavy atom. The van der Waals surface area contributed by atoms with Crippen molar-refractivity contribution in [3.05, 3.63) is 84.7 Å². The van der Waals surface area contributed by atoms with Crippen LogP contribution in [-0.2, 0) is 0 Å². The number of nitrogens with zero attached hydrogens (tertiary/aromatic N) is 1. The van der Waals surface area contributed by atoms with E-state index in [1.165, 1.54) is 0 Å². The number of phenols is 1. The van der Waals surface area contributed by atoms with Crippen LogP contribution in [0.3, 0.4) is 0 Å². The summed E-state index contributed by atoms with van der Waals surface area (Å²) in [5.74, 6) is 1.78. The highest BCUT2D eigenvalue weighted by Crippen LogP contribution is 2.25. The minimum atomic E-state index is -0.314. The molecule has 0 bridgehead atoms. The molecular formula is C24H24N2O3. The van der Waals surface area contributed by atoms with Gasteiger partial charge in [0.25, 0.3) is 0 Å². The highest BCUT2D eigenvalue weighted by Gasteiger charge is 2.14. The molecule has 0 saturated heterocycles. The van der Waals surface area contributed by atoms with Gasteiger partial charge < -0.3 is 20.3 Å². The number of benzene rings is 2. The van der Waals surface area contributed by atoms with Gasteiger partial charge in [-0.1, -0.05) is 18.2 Å². The van der Waals surface area contributed by atoms with Crippen LogP contribution in [0.2, 0.25) is 0 Å². The minimum absolute atomic E-state index is 0.0844. The first-order valence-corrected chi connectivity index (χ1v) is 9.78. The highest BCUT2D eigenvalue weighted by atomic mass is 16.5. The van der Waals surface area contributed by atoms with Gasteiger partial charge in [0.15, 0.2) is 0 Å². The van der Waals surface area contributed by atoms with Crippen LogP contribution in [0.4, 0.5) is 11.4 Å². The number of phenolic OH excluding ortho intramolecular Hbond substituents is 1. The Hall–Kier alpha value is -3.31. The summed E-state index contributed by atoms with van der Waals surface area (Å²) in [6.45, 7) is 0. The monoisotopic (exact) mass is 388 g/mol. The Balaban J connectivity index is 1.32. The molecule has 0 fully saturated rings. The molecule has 2 aromatic carbocycles. The molecule has 2 aliphatic carbocycles. The lowest BCUT2D eigenvalue weighted by molar-refractivity contribution is 0.184. The summed E-state index contributed by atoms with van der Waals surface area (Å²) in [5, 5.41) is 22.5. The van der Waals surface area contributed by atoms with E-state index in [-0.39, 0.29) is 17.9 Å². The molecule has 148 valence electrons. The van der Waals surface area contributed by atoms with Gasteiger partial charge in [0.05, 0.1) is 12.1 Å². The predicted octanol–water partition coefficient (Wildman–Crippen LogP) is 4.88. The van der Waals surface area contributed by atoms with Gasteiger partial charge in [-0.3, -0.25) is 4.99 Å². The average Bonchev–Trinajstić information content (AvgIpc) is 2.71. The fourth-order valence-corrected chi connectivity index (χ4v) is 3.32. The van der Waals surface area contributed by atoms with Gasteiger partial charge in [-0.15, -0.1) is 0 Å². The molecule has 29 heavy (non-hydrogen) atoms. The van der Waals surface area contributed by atoms with E-state index in [1.807, 2.05) is 60.7 Å². The van der Waals surface area contributed by atoms with E-state index in [1.54, 1.807) is 18.2 Å².